The van der Waals surface area contributed by atoms with Crippen molar-refractivity contribution in [2.45, 2.75) is 18.4 Å². The fourth-order valence-electron chi connectivity index (χ4n) is 1.73. The smallest absolute Gasteiger partial charge is 0.243 e. The molecule has 0 saturated heterocycles. The van der Waals surface area contributed by atoms with E-state index in [0.29, 0.717) is 9.90 Å². The van der Waals surface area contributed by atoms with Gasteiger partial charge in [-0.3, -0.25) is 0 Å². The van der Waals surface area contributed by atoms with E-state index in [0.717, 1.165) is 4.88 Å². The summed E-state index contributed by atoms with van der Waals surface area (Å²) in [5.41, 5.74) is 6.61. The molecule has 0 unspecified atom stereocenters. The maximum Gasteiger partial charge on any atom is 0.243 e. The standard InChI is InChI=1S/C12H13ClN2O2S2/c1-8-3-2-4-10(14)12(8)19(16,17)15-7-9-5-6-11(13)18-9/h2-6,15H,7,14H2,1H3. The lowest BCUT2D eigenvalue weighted by molar-refractivity contribution is 0.581. The van der Waals surface area contributed by atoms with Gasteiger partial charge in [0.1, 0.15) is 4.90 Å². The van der Waals surface area contributed by atoms with Crippen LogP contribution < -0.4 is 10.5 Å². The third-order valence-electron chi connectivity index (χ3n) is 2.58. The van der Waals surface area contributed by atoms with Crippen LogP contribution in [0.5, 0.6) is 0 Å². The number of thiophene rings is 1. The highest BCUT2D eigenvalue weighted by molar-refractivity contribution is 7.89. The number of benzene rings is 1. The second-order valence-electron chi connectivity index (χ2n) is 4.02. The summed E-state index contributed by atoms with van der Waals surface area (Å²) >= 11 is 7.14. The molecule has 0 aliphatic heterocycles. The summed E-state index contributed by atoms with van der Waals surface area (Å²) in [6, 6.07) is 8.54. The summed E-state index contributed by atoms with van der Waals surface area (Å²) in [4.78, 5) is 0.985. The Hall–Kier alpha value is -1.08. The number of anilines is 1. The molecule has 0 aliphatic rings. The minimum absolute atomic E-state index is 0.137. The molecule has 4 nitrogen and oxygen atoms in total. The highest BCUT2D eigenvalue weighted by Crippen LogP contribution is 2.24. The molecule has 19 heavy (non-hydrogen) atoms. The number of aryl methyl sites for hydroxylation is 1. The third kappa shape index (κ3) is 3.27. The summed E-state index contributed by atoms with van der Waals surface area (Å²) < 4.78 is 27.6. The average molecular weight is 317 g/mol. The molecule has 3 N–H and O–H groups in total. The van der Waals surface area contributed by atoms with Crippen LogP contribution in [-0.4, -0.2) is 8.42 Å². The van der Waals surface area contributed by atoms with E-state index in [1.54, 1.807) is 37.3 Å². The quantitative estimate of drug-likeness (QED) is 0.852. The first kappa shape index (κ1) is 14.3. The highest BCUT2D eigenvalue weighted by atomic mass is 35.5. The van der Waals surface area contributed by atoms with E-state index in [-0.39, 0.29) is 17.1 Å². The van der Waals surface area contributed by atoms with Crippen LogP contribution in [0.25, 0.3) is 0 Å². The van der Waals surface area contributed by atoms with E-state index in [1.165, 1.54) is 11.3 Å². The monoisotopic (exact) mass is 316 g/mol. The lowest BCUT2D eigenvalue weighted by Crippen LogP contribution is -2.24. The number of hydrogen-bond donors (Lipinski definition) is 2. The summed E-state index contributed by atoms with van der Waals surface area (Å²) in [6.07, 6.45) is 0. The van der Waals surface area contributed by atoms with Gasteiger partial charge in [-0.1, -0.05) is 23.7 Å². The van der Waals surface area contributed by atoms with Crippen molar-refractivity contribution in [3.8, 4) is 0 Å². The maximum atomic E-state index is 12.2. The van der Waals surface area contributed by atoms with Gasteiger partial charge in [0.25, 0.3) is 0 Å². The minimum Gasteiger partial charge on any atom is -0.398 e. The molecule has 7 heteroatoms. The molecule has 0 atom stereocenters. The average Bonchev–Trinajstić information content (AvgIpc) is 2.72. The SMILES string of the molecule is Cc1cccc(N)c1S(=O)(=O)NCc1ccc(Cl)s1. The molecule has 1 aromatic heterocycles. The molecule has 2 rings (SSSR count). The van der Waals surface area contributed by atoms with E-state index >= 15 is 0 Å². The maximum absolute atomic E-state index is 12.2. The van der Waals surface area contributed by atoms with Crippen molar-refractivity contribution < 1.29 is 8.42 Å². The van der Waals surface area contributed by atoms with Crippen molar-refractivity contribution in [2.75, 3.05) is 5.73 Å². The van der Waals surface area contributed by atoms with Gasteiger partial charge in [0.05, 0.1) is 10.0 Å². The van der Waals surface area contributed by atoms with E-state index in [2.05, 4.69) is 4.72 Å². The summed E-state index contributed by atoms with van der Waals surface area (Å²) in [6.45, 7) is 1.92. The van der Waals surface area contributed by atoms with E-state index in [9.17, 15) is 8.42 Å². The molecule has 1 heterocycles. The molecule has 0 fully saturated rings. The number of hydrogen-bond acceptors (Lipinski definition) is 4. The number of nitrogen functional groups attached to an aromatic ring is 1. The van der Waals surface area contributed by atoms with Gasteiger partial charge >= 0.3 is 0 Å². The van der Waals surface area contributed by atoms with Crippen LogP contribution in [0.3, 0.4) is 0 Å². The first-order valence-corrected chi connectivity index (χ1v) is 8.17. The van der Waals surface area contributed by atoms with Crippen molar-refractivity contribution in [3.63, 3.8) is 0 Å². The van der Waals surface area contributed by atoms with Crippen LogP contribution in [0.15, 0.2) is 35.2 Å². The Kier molecular flexibility index (Phi) is 4.15. The van der Waals surface area contributed by atoms with Crippen LogP contribution in [0.2, 0.25) is 4.34 Å². The van der Waals surface area contributed by atoms with Crippen molar-refractivity contribution in [3.05, 3.63) is 45.1 Å². The second kappa shape index (κ2) is 5.50. The topological polar surface area (TPSA) is 72.2 Å². The van der Waals surface area contributed by atoms with Crippen LogP contribution >= 0.6 is 22.9 Å². The zero-order valence-corrected chi connectivity index (χ0v) is 12.6. The molecule has 0 saturated carbocycles. The van der Waals surface area contributed by atoms with Gasteiger partial charge in [-0.25, -0.2) is 13.1 Å². The predicted molar refractivity (Wildman–Crippen MR) is 78.9 cm³/mol. The van der Waals surface area contributed by atoms with Crippen molar-refractivity contribution >= 4 is 38.6 Å². The first-order chi connectivity index (χ1) is 8.90. The zero-order chi connectivity index (χ0) is 14.0. The molecule has 0 spiro atoms. The minimum atomic E-state index is -3.62. The van der Waals surface area contributed by atoms with Gasteiger partial charge in [0, 0.05) is 11.4 Å². The summed E-state index contributed by atoms with van der Waals surface area (Å²) in [5, 5.41) is 0. The zero-order valence-electron chi connectivity index (χ0n) is 10.2. The Morgan fingerprint density at radius 2 is 2.05 bits per heavy atom. The fraction of sp³-hybridized carbons (Fsp3) is 0.167. The molecule has 0 amide bonds. The second-order valence-corrected chi connectivity index (χ2v) is 7.53. The van der Waals surface area contributed by atoms with Gasteiger partial charge in [-0.2, -0.15) is 0 Å². The van der Waals surface area contributed by atoms with Gasteiger partial charge in [-0.15, -0.1) is 11.3 Å². The molecule has 0 radical (unpaired) electrons. The van der Waals surface area contributed by atoms with Gasteiger partial charge in [0.15, 0.2) is 0 Å². The number of sulfonamides is 1. The number of rotatable bonds is 4. The predicted octanol–water partition coefficient (Wildman–Crippen LogP) is 2.77. The van der Waals surface area contributed by atoms with Gasteiger partial charge in [-0.05, 0) is 30.7 Å². The van der Waals surface area contributed by atoms with Gasteiger partial charge < -0.3 is 5.73 Å². The Bertz CT molecular complexity index is 675. The Balaban J connectivity index is 2.23. The normalized spacial score (nSPS) is 11.7. The first-order valence-electron chi connectivity index (χ1n) is 5.49. The Morgan fingerprint density at radius 1 is 1.32 bits per heavy atom. The summed E-state index contributed by atoms with van der Waals surface area (Å²) in [5.74, 6) is 0. The molecule has 0 aliphatic carbocycles. The number of nitrogens with two attached hydrogens (primary N) is 1. The molecule has 1 aromatic carbocycles. The van der Waals surface area contributed by atoms with Crippen LogP contribution in [0, 0.1) is 6.92 Å². The number of halogens is 1. The lowest BCUT2D eigenvalue weighted by atomic mass is 10.2. The van der Waals surface area contributed by atoms with Crippen molar-refractivity contribution in [1.82, 2.24) is 4.72 Å². The van der Waals surface area contributed by atoms with Crippen LogP contribution in [0.4, 0.5) is 5.69 Å². The fourth-order valence-corrected chi connectivity index (χ4v) is 4.21. The van der Waals surface area contributed by atoms with Crippen molar-refractivity contribution in [2.24, 2.45) is 0 Å². The Labute approximate surface area is 121 Å². The van der Waals surface area contributed by atoms with E-state index in [1.807, 2.05) is 0 Å². The molecule has 0 bridgehead atoms. The molecule has 102 valence electrons. The largest absolute Gasteiger partial charge is 0.398 e. The van der Waals surface area contributed by atoms with E-state index in [4.69, 9.17) is 17.3 Å². The van der Waals surface area contributed by atoms with E-state index < -0.39 is 10.0 Å². The van der Waals surface area contributed by atoms with Crippen molar-refractivity contribution in [1.29, 1.82) is 0 Å². The molecule has 2 aromatic rings. The third-order valence-corrected chi connectivity index (χ3v) is 5.43. The highest BCUT2D eigenvalue weighted by Gasteiger charge is 2.19. The van der Waals surface area contributed by atoms with Crippen LogP contribution in [0.1, 0.15) is 10.4 Å². The van der Waals surface area contributed by atoms with Crippen LogP contribution in [-0.2, 0) is 16.6 Å². The van der Waals surface area contributed by atoms with Gasteiger partial charge in [0.2, 0.25) is 10.0 Å². The summed E-state index contributed by atoms with van der Waals surface area (Å²) in [7, 11) is -3.62. The lowest BCUT2D eigenvalue weighted by Gasteiger charge is -2.10. The molecular weight excluding hydrogens is 304 g/mol. The number of nitrogens with one attached hydrogen (secondary N) is 1. The molecular formula is C12H13ClN2O2S2. The Morgan fingerprint density at radius 3 is 2.63 bits per heavy atom.